The lowest BCUT2D eigenvalue weighted by atomic mass is 10.1. The number of carbonyl (C=O) groups excluding carboxylic acids is 1. The van der Waals surface area contributed by atoms with Gasteiger partial charge in [-0.3, -0.25) is 9.48 Å². The Kier molecular flexibility index (Phi) is 4.64. The van der Waals surface area contributed by atoms with E-state index in [1.165, 1.54) is 12.3 Å². The molecule has 1 aliphatic heterocycles. The second-order valence-corrected chi connectivity index (χ2v) is 6.53. The van der Waals surface area contributed by atoms with Gasteiger partial charge in [-0.25, -0.2) is 4.98 Å². The Bertz CT molecular complexity index is 979. The van der Waals surface area contributed by atoms with E-state index in [1.807, 2.05) is 19.2 Å². The molecule has 1 aliphatic rings. The van der Waals surface area contributed by atoms with Gasteiger partial charge >= 0.3 is 0 Å². The maximum atomic E-state index is 12.3. The first kappa shape index (κ1) is 17.3. The Morgan fingerprint density at radius 1 is 1.44 bits per heavy atom. The summed E-state index contributed by atoms with van der Waals surface area (Å²) in [5, 5.41) is 17.8. The molecule has 1 unspecified atom stereocenters. The maximum absolute atomic E-state index is 12.3. The van der Waals surface area contributed by atoms with Crippen LogP contribution < -0.4 is 10.1 Å². The molecule has 3 aromatic rings. The molecule has 2 aromatic heterocycles. The summed E-state index contributed by atoms with van der Waals surface area (Å²) in [4.78, 5) is 16.2. The van der Waals surface area contributed by atoms with Gasteiger partial charge in [0.15, 0.2) is 5.69 Å². The van der Waals surface area contributed by atoms with Crippen LogP contribution in [0.4, 0.5) is 5.69 Å². The zero-order valence-corrected chi connectivity index (χ0v) is 14.9. The Morgan fingerprint density at radius 3 is 3.11 bits per heavy atom. The quantitative estimate of drug-likeness (QED) is 0.717. The third kappa shape index (κ3) is 3.56. The van der Waals surface area contributed by atoms with Crippen molar-refractivity contribution in [3.63, 3.8) is 0 Å². The standard InChI is InChI=1S/C19H20N4O4/c1-23-15-9-13(21-18(25)17-16(24)3-2-7-20-17)4-5-14(15)19(22-23)27-11-12-6-8-26-10-12/h2-5,7,9,12,24H,6,8,10-11H2,1H3,(H,21,25). The zero-order valence-electron chi connectivity index (χ0n) is 14.9. The number of ether oxygens (including phenoxy) is 2. The molecular formula is C19H20N4O4. The minimum Gasteiger partial charge on any atom is -0.505 e. The van der Waals surface area contributed by atoms with Gasteiger partial charge in [0.2, 0.25) is 5.88 Å². The van der Waals surface area contributed by atoms with Crippen molar-refractivity contribution in [3.05, 3.63) is 42.2 Å². The van der Waals surface area contributed by atoms with Crippen LogP contribution in [-0.4, -0.2) is 45.6 Å². The van der Waals surface area contributed by atoms with Crippen LogP contribution in [0.3, 0.4) is 0 Å². The maximum Gasteiger partial charge on any atom is 0.278 e. The van der Waals surface area contributed by atoms with Gasteiger partial charge in [0.1, 0.15) is 5.75 Å². The van der Waals surface area contributed by atoms with E-state index in [4.69, 9.17) is 9.47 Å². The van der Waals surface area contributed by atoms with E-state index >= 15 is 0 Å². The molecule has 1 amide bonds. The summed E-state index contributed by atoms with van der Waals surface area (Å²) in [6, 6.07) is 8.42. The summed E-state index contributed by atoms with van der Waals surface area (Å²) < 4.78 is 13.0. The van der Waals surface area contributed by atoms with Crippen molar-refractivity contribution in [2.45, 2.75) is 6.42 Å². The summed E-state index contributed by atoms with van der Waals surface area (Å²) in [6.45, 7) is 2.08. The minimum atomic E-state index is -0.479. The molecule has 8 heteroatoms. The number of nitrogens with zero attached hydrogens (tertiary/aromatic N) is 3. The van der Waals surface area contributed by atoms with Gasteiger partial charge in [-0.1, -0.05) is 0 Å². The van der Waals surface area contributed by atoms with E-state index in [-0.39, 0.29) is 11.4 Å². The highest BCUT2D eigenvalue weighted by Gasteiger charge is 2.19. The molecule has 27 heavy (non-hydrogen) atoms. The summed E-state index contributed by atoms with van der Waals surface area (Å²) in [7, 11) is 1.82. The molecular weight excluding hydrogens is 348 g/mol. The summed E-state index contributed by atoms with van der Waals surface area (Å²) >= 11 is 0. The summed E-state index contributed by atoms with van der Waals surface area (Å²) in [6.07, 6.45) is 2.46. The van der Waals surface area contributed by atoms with E-state index in [9.17, 15) is 9.90 Å². The largest absolute Gasteiger partial charge is 0.505 e. The van der Waals surface area contributed by atoms with Crippen LogP contribution >= 0.6 is 0 Å². The number of benzene rings is 1. The number of amides is 1. The summed E-state index contributed by atoms with van der Waals surface area (Å²) in [5.74, 6) is 0.321. The molecule has 4 rings (SSSR count). The van der Waals surface area contributed by atoms with Crippen LogP contribution in [0, 0.1) is 5.92 Å². The Hall–Kier alpha value is -3.13. The van der Waals surface area contributed by atoms with Crippen LogP contribution in [-0.2, 0) is 11.8 Å². The number of aromatic nitrogens is 3. The first-order valence-corrected chi connectivity index (χ1v) is 8.74. The van der Waals surface area contributed by atoms with E-state index in [2.05, 4.69) is 15.4 Å². The third-order valence-electron chi connectivity index (χ3n) is 4.56. The number of hydrogen-bond acceptors (Lipinski definition) is 6. The monoisotopic (exact) mass is 368 g/mol. The Morgan fingerprint density at radius 2 is 2.33 bits per heavy atom. The highest BCUT2D eigenvalue weighted by molar-refractivity contribution is 6.05. The Balaban J connectivity index is 1.53. The molecule has 140 valence electrons. The van der Waals surface area contributed by atoms with Gasteiger partial charge in [-0.05, 0) is 36.8 Å². The van der Waals surface area contributed by atoms with Crippen LogP contribution in [0.1, 0.15) is 16.9 Å². The van der Waals surface area contributed by atoms with Gasteiger partial charge in [-0.2, -0.15) is 0 Å². The summed E-state index contributed by atoms with van der Waals surface area (Å²) in [5.41, 5.74) is 1.39. The molecule has 1 saturated heterocycles. The average Bonchev–Trinajstić information content (AvgIpc) is 3.28. The molecule has 1 aromatic carbocycles. The van der Waals surface area contributed by atoms with Crippen molar-refractivity contribution in [2.24, 2.45) is 13.0 Å². The number of pyridine rings is 1. The number of hydrogen-bond donors (Lipinski definition) is 2. The number of fused-ring (bicyclic) bond motifs is 1. The van der Waals surface area contributed by atoms with Crippen molar-refractivity contribution in [1.29, 1.82) is 0 Å². The fourth-order valence-corrected chi connectivity index (χ4v) is 3.08. The third-order valence-corrected chi connectivity index (χ3v) is 4.56. The molecule has 3 heterocycles. The molecule has 0 radical (unpaired) electrons. The lowest BCUT2D eigenvalue weighted by Gasteiger charge is -2.08. The van der Waals surface area contributed by atoms with Gasteiger partial charge in [-0.15, -0.1) is 5.10 Å². The van der Waals surface area contributed by atoms with Gasteiger partial charge in [0, 0.05) is 31.5 Å². The molecule has 0 bridgehead atoms. The van der Waals surface area contributed by atoms with Crippen LogP contribution in [0.25, 0.3) is 10.9 Å². The van der Waals surface area contributed by atoms with E-state index in [0.29, 0.717) is 24.1 Å². The van der Waals surface area contributed by atoms with Crippen molar-refractivity contribution in [3.8, 4) is 11.6 Å². The fraction of sp³-hybridized carbons (Fsp3) is 0.316. The first-order chi connectivity index (χ1) is 13.1. The number of anilines is 1. The lowest BCUT2D eigenvalue weighted by molar-refractivity contribution is 0.101. The number of aromatic hydroxyl groups is 1. The minimum absolute atomic E-state index is 0.0228. The predicted molar refractivity (Wildman–Crippen MR) is 99.0 cm³/mol. The normalized spacial score (nSPS) is 16.6. The fourth-order valence-electron chi connectivity index (χ4n) is 3.08. The molecule has 1 atom stereocenters. The van der Waals surface area contributed by atoms with Gasteiger partial charge < -0.3 is 19.9 Å². The van der Waals surface area contributed by atoms with Gasteiger partial charge in [0.05, 0.1) is 24.1 Å². The number of nitrogens with one attached hydrogen (secondary N) is 1. The van der Waals surface area contributed by atoms with Crippen LogP contribution in [0.5, 0.6) is 11.6 Å². The first-order valence-electron chi connectivity index (χ1n) is 8.74. The predicted octanol–water partition coefficient (Wildman–Crippen LogP) is 2.34. The topological polar surface area (TPSA) is 98.5 Å². The average molecular weight is 368 g/mol. The molecule has 8 nitrogen and oxygen atoms in total. The van der Waals surface area contributed by atoms with Crippen LogP contribution in [0.15, 0.2) is 36.5 Å². The number of aryl methyl sites for hydroxylation is 1. The number of rotatable bonds is 5. The second kappa shape index (κ2) is 7.24. The number of carbonyl (C=O) groups is 1. The van der Waals surface area contributed by atoms with E-state index in [0.717, 1.165) is 30.5 Å². The highest BCUT2D eigenvalue weighted by Crippen LogP contribution is 2.28. The van der Waals surface area contributed by atoms with E-state index < -0.39 is 5.91 Å². The molecule has 0 aliphatic carbocycles. The van der Waals surface area contributed by atoms with Crippen molar-refractivity contribution < 1.29 is 19.4 Å². The van der Waals surface area contributed by atoms with Gasteiger partial charge in [0.25, 0.3) is 5.91 Å². The molecule has 1 fully saturated rings. The smallest absolute Gasteiger partial charge is 0.278 e. The zero-order chi connectivity index (χ0) is 18.8. The van der Waals surface area contributed by atoms with Crippen LogP contribution in [0.2, 0.25) is 0 Å². The lowest BCUT2D eigenvalue weighted by Crippen LogP contribution is -2.13. The highest BCUT2D eigenvalue weighted by atomic mass is 16.5. The van der Waals surface area contributed by atoms with E-state index in [1.54, 1.807) is 16.8 Å². The second-order valence-electron chi connectivity index (χ2n) is 6.53. The molecule has 2 N–H and O–H groups in total. The van der Waals surface area contributed by atoms with Crippen molar-refractivity contribution in [1.82, 2.24) is 14.8 Å². The SMILES string of the molecule is Cn1nc(OCC2CCOC2)c2ccc(NC(=O)c3ncccc3O)cc21. The van der Waals surface area contributed by atoms with Crippen molar-refractivity contribution in [2.75, 3.05) is 25.1 Å². The van der Waals surface area contributed by atoms with Crippen molar-refractivity contribution >= 4 is 22.5 Å². The Labute approximate surface area is 155 Å². The molecule has 0 saturated carbocycles. The molecule has 0 spiro atoms.